The lowest BCUT2D eigenvalue weighted by Crippen LogP contribution is -2.45. The van der Waals surface area contributed by atoms with Crippen LogP contribution in [0.15, 0.2) is 24.3 Å². The van der Waals surface area contributed by atoms with Gasteiger partial charge in [-0.2, -0.15) is 0 Å². The molecule has 1 saturated heterocycles. The molecule has 2 heteroatoms. The fourth-order valence-corrected chi connectivity index (χ4v) is 2.08. The van der Waals surface area contributed by atoms with Gasteiger partial charge in [-0.1, -0.05) is 6.07 Å². The Hall–Kier alpha value is -0.250. The van der Waals surface area contributed by atoms with Gasteiger partial charge in [-0.25, -0.2) is 0 Å². The van der Waals surface area contributed by atoms with Crippen LogP contribution in [0.4, 0.5) is 5.69 Å². The minimum atomic E-state index is 0.739. The van der Waals surface area contributed by atoms with Crippen LogP contribution in [-0.4, -0.2) is 12.6 Å². The van der Waals surface area contributed by atoms with Gasteiger partial charge in [0, 0.05) is 21.8 Å². The molecular weight excluding hydrogens is 261 g/mol. The van der Waals surface area contributed by atoms with Crippen LogP contribution >= 0.6 is 22.6 Å². The van der Waals surface area contributed by atoms with Gasteiger partial charge in [0.2, 0.25) is 0 Å². The van der Waals surface area contributed by atoms with E-state index in [1.807, 2.05) is 0 Å². The smallest absolute Gasteiger partial charge is 0.0379 e. The van der Waals surface area contributed by atoms with Crippen molar-refractivity contribution in [3.63, 3.8) is 0 Å². The summed E-state index contributed by atoms with van der Waals surface area (Å²) in [5.41, 5.74) is 1.38. The Balaban J connectivity index is 2.22. The van der Waals surface area contributed by atoms with Crippen LogP contribution < -0.4 is 4.90 Å². The predicted molar refractivity (Wildman–Crippen MR) is 60.6 cm³/mol. The van der Waals surface area contributed by atoms with E-state index >= 15 is 0 Å². The maximum Gasteiger partial charge on any atom is 0.0379 e. The lowest BCUT2D eigenvalue weighted by Gasteiger charge is -2.40. The number of halogens is 1. The Bertz CT molecular complexity index is 285. The van der Waals surface area contributed by atoms with E-state index in [0.29, 0.717) is 0 Å². The predicted octanol–water partition coefficient (Wildman–Crippen LogP) is 2.89. The molecule has 0 amide bonds. The van der Waals surface area contributed by atoms with Crippen molar-refractivity contribution in [2.24, 2.45) is 0 Å². The van der Waals surface area contributed by atoms with E-state index in [9.17, 15) is 0 Å². The Morgan fingerprint density at radius 3 is 2.83 bits per heavy atom. The normalized spacial score (nSPS) is 22.2. The van der Waals surface area contributed by atoms with Gasteiger partial charge in [0.15, 0.2) is 0 Å². The molecule has 1 fully saturated rings. The molecule has 0 N–H and O–H groups in total. The minimum Gasteiger partial charge on any atom is -0.369 e. The Labute approximate surface area is 86.9 Å². The summed E-state index contributed by atoms with van der Waals surface area (Å²) < 4.78 is 1.32. The standard InChI is InChI=1S/C10H12IN/c1-8-5-6-12(8)10-4-2-3-9(11)7-10/h2-4,7-8H,5-6H2,1H3. The molecule has 1 atom stereocenters. The van der Waals surface area contributed by atoms with Crippen LogP contribution in [0.3, 0.4) is 0 Å². The zero-order valence-corrected chi connectivity index (χ0v) is 9.28. The van der Waals surface area contributed by atoms with Crippen molar-refractivity contribution in [2.75, 3.05) is 11.4 Å². The van der Waals surface area contributed by atoms with Crippen LogP contribution in [0.1, 0.15) is 13.3 Å². The number of hydrogen-bond donors (Lipinski definition) is 0. The van der Waals surface area contributed by atoms with Crippen molar-refractivity contribution < 1.29 is 0 Å². The number of hydrogen-bond acceptors (Lipinski definition) is 1. The van der Waals surface area contributed by atoms with Crippen molar-refractivity contribution in [3.05, 3.63) is 27.8 Å². The summed E-state index contributed by atoms with van der Waals surface area (Å²) in [4.78, 5) is 2.45. The van der Waals surface area contributed by atoms with Crippen LogP contribution in [0.5, 0.6) is 0 Å². The number of benzene rings is 1. The van der Waals surface area contributed by atoms with E-state index in [0.717, 1.165) is 6.04 Å². The molecule has 0 aliphatic carbocycles. The average Bonchev–Trinajstić information content (AvgIpc) is 2.02. The Morgan fingerprint density at radius 2 is 2.33 bits per heavy atom. The monoisotopic (exact) mass is 273 g/mol. The molecule has 0 spiro atoms. The van der Waals surface area contributed by atoms with Gasteiger partial charge in [-0.05, 0) is 54.1 Å². The van der Waals surface area contributed by atoms with Crippen molar-refractivity contribution >= 4 is 28.3 Å². The number of anilines is 1. The first-order valence-corrected chi connectivity index (χ1v) is 5.37. The summed E-state index contributed by atoms with van der Waals surface area (Å²) in [5, 5.41) is 0. The zero-order valence-electron chi connectivity index (χ0n) is 7.13. The molecule has 1 aliphatic heterocycles. The molecule has 1 nitrogen and oxygen atoms in total. The van der Waals surface area contributed by atoms with Gasteiger partial charge in [0.05, 0.1) is 0 Å². The number of nitrogens with zero attached hydrogens (tertiary/aromatic N) is 1. The zero-order chi connectivity index (χ0) is 8.55. The highest BCUT2D eigenvalue weighted by Gasteiger charge is 2.23. The summed E-state index contributed by atoms with van der Waals surface area (Å²) in [5.74, 6) is 0. The van der Waals surface area contributed by atoms with E-state index in [-0.39, 0.29) is 0 Å². The van der Waals surface area contributed by atoms with Crippen molar-refractivity contribution in [2.45, 2.75) is 19.4 Å². The lowest BCUT2D eigenvalue weighted by molar-refractivity contribution is 0.481. The topological polar surface area (TPSA) is 3.24 Å². The maximum atomic E-state index is 2.45. The highest BCUT2D eigenvalue weighted by Crippen LogP contribution is 2.26. The van der Waals surface area contributed by atoms with E-state index in [4.69, 9.17) is 0 Å². The van der Waals surface area contributed by atoms with Gasteiger partial charge in [0.25, 0.3) is 0 Å². The Kier molecular flexibility index (Phi) is 2.26. The molecule has 64 valence electrons. The molecule has 0 radical (unpaired) electrons. The maximum absolute atomic E-state index is 2.45. The van der Waals surface area contributed by atoms with Gasteiger partial charge in [-0.15, -0.1) is 0 Å². The fraction of sp³-hybridized carbons (Fsp3) is 0.400. The SMILES string of the molecule is CC1CCN1c1cccc(I)c1. The molecule has 1 aromatic carbocycles. The van der Waals surface area contributed by atoms with Gasteiger partial charge in [-0.3, -0.25) is 0 Å². The van der Waals surface area contributed by atoms with E-state index in [1.54, 1.807) is 0 Å². The quantitative estimate of drug-likeness (QED) is 0.711. The first-order valence-electron chi connectivity index (χ1n) is 4.29. The highest BCUT2D eigenvalue weighted by molar-refractivity contribution is 14.1. The third kappa shape index (κ3) is 1.44. The second kappa shape index (κ2) is 3.24. The summed E-state index contributed by atoms with van der Waals surface area (Å²) in [7, 11) is 0. The van der Waals surface area contributed by atoms with Crippen molar-refractivity contribution in [1.29, 1.82) is 0 Å². The average molecular weight is 273 g/mol. The number of rotatable bonds is 1. The van der Waals surface area contributed by atoms with Crippen LogP contribution in [0, 0.1) is 3.57 Å². The molecule has 1 aromatic rings. The second-order valence-corrected chi connectivity index (χ2v) is 4.56. The molecule has 1 unspecified atom stereocenters. The Morgan fingerprint density at radius 1 is 1.50 bits per heavy atom. The molecule has 1 aliphatic rings. The molecule has 2 rings (SSSR count). The minimum absolute atomic E-state index is 0.739. The molecular formula is C10H12IN. The van der Waals surface area contributed by atoms with Gasteiger partial charge < -0.3 is 4.90 Å². The van der Waals surface area contributed by atoms with E-state index in [2.05, 4.69) is 58.7 Å². The van der Waals surface area contributed by atoms with E-state index in [1.165, 1.54) is 22.2 Å². The summed E-state index contributed by atoms with van der Waals surface area (Å²) in [6.45, 7) is 3.50. The summed E-state index contributed by atoms with van der Waals surface area (Å²) in [6.07, 6.45) is 1.34. The molecule has 1 heterocycles. The molecule has 12 heavy (non-hydrogen) atoms. The van der Waals surface area contributed by atoms with Crippen LogP contribution in [0.25, 0.3) is 0 Å². The summed E-state index contributed by atoms with van der Waals surface area (Å²) >= 11 is 2.36. The van der Waals surface area contributed by atoms with Crippen molar-refractivity contribution in [1.82, 2.24) is 0 Å². The van der Waals surface area contributed by atoms with Gasteiger partial charge >= 0.3 is 0 Å². The third-order valence-corrected chi connectivity index (χ3v) is 3.13. The van der Waals surface area contributed by atoms with Crippen LogP contribution in [-0.2, 0) is 0 Å². The third-order valence-electron chi connectivity index (χ3n) is 2.46. The molecule has 0 saturated carbocycles. The van der Waals surface area contributed by atoms with E-state index < -0.39 is 0 Å². The fourth-order valence-electron chi connectivity index (χ4n) is 1.55. The first-order chi connectivity index (χ1) is 5.77. The lowest BCUT2D eigenvalue weighted by atomic mass is 10.0. The molecule has 0 aromatic heterocycles. The largest absolute Gasteiger partial charge is 0.369 e. The first kappa shape index (κ1) is 8.35. The van der Waals surface area contributed by atoms with Crippen molar-refractivity contribution in [3.8, 4) is 0 Å². The van der Waals surface area contributed by atoms with Gasteiger partial charge in [0.1, 0.15) is 0 Å². The van der Waals surface area contributed by atoms with Crippen LogP contribution in [0.2, 0.25) is 0 Å². The molecule has 0 bridgehead atoms. The second-order valence-electron chi connectivity index (χ2n) is 3.31. The summed E-state index contributed by atoms with van der Waals surface area (Å²) in [6, 6.07) is 9.44. The highest BCUT2D eigenvalue weighted by atomic mass is 127.